The molecule has 0 saturated heterocycles. The van der Waals surface area contributed by atoms with E-state index >= 15 is 0 Å². The third kappa shape index (κ3) is 1.70. The molecule has 0 N–H and O–H groups in total. The Labute approximate surface area is 68.5 Å². The summed E-state index contributed by atoms with van der Waals surface area (Å²) in [4.78, 5) is 11.5. The minimum atomic E-state index is 0.272. The lowest BCUT2D eigenvalue weighted by Crippen LogP contribution is -2.19. The average molecular weight is 152 g/mol. The summed E-state index contributed by atoms with van der Waals surface area (Å²) in [6.45, 7) is 6.10. The molecule has 1 aliphatic carbocycles. The molecule has 1 rings (SSSR count). The van der Waals surface area contributed by atoms with E-state index in [0.29, 0.717) is 5.78 Å². The van der Waals surface area contributed by atoms with Crippen molar-refractivity contribution in [2.24, 2.45) is 5.92 Å². The summed E-state index contributed by atoms with van der Waals surface area (Å²) in [6, 6.07) is 0. The van der Waals surface area contributed by atoms with Crippen LogP contribution in [-0.2, 0) is 4.79 Å². The van der Waals surface area contributed by atoms with Crippen LogP contribution in [0.15, 0.2) is 11.1 Å². The molecule has 1 atom stereocenters. The first-order valence-corrected chi connectivity index (χ1v) is 4.33. The van der Waals surface area contributed by atoms with Gasteiger partial charge >= 0.3 is 0 Å². The predicted molar refractivity (Wildman–Crippen MR) is 46.4 cm³/mol. The van der Waals surface area contributed by atoms with Gasteiger partial charge in [-0.25, -0.2) is 0 Å². The first kappa shape index (κ1) is 8.51. The van der Waals surface area contributed by atoms with Crippen molar-refractivity contribution in [2.45, 2.75) is 40.0 Å². The number of hydrogen-bond acceptors (Lipinski definition) is 1. The van der Waals surface area contributed by atoms with Gasteiger partial charge in [0.15, 0.2) is 5.78 Å². The maximum atomic E-state index is 11.5. The molecular weight excluding hydrogens is 136 g/mol. The van der Waals surface area contributed by atoms with Gasteiger partial charge in [-0.2, -0.15) is 0 Å². The second-order valence-electron chi connectivity index (χ2n) is 3.64. The molecule has 0 radical (unpaired) electrons. The van der Waals surface area contributed by atoms with Gasteiger partial charge in [-0.15, -0.1) is 0 Å². The fourth-order valence-corrected chi connectivity index (χ4v) is 1.63. The molecule has 1 saturated carbocycles. The zero-order chi connectivity index (χ0) is 8.43. The van der Waals surface area contributed by atoms with Gasteiger partial charge in [-0.3, -0.25) is 4.79 Å². The Balaban J connectivity index is 2.83. The summed E-state index contributed by atoms with van der Waals surface area (Å²) >= 11 is 0. The minimum absolute atomic E-state index is 0.272. The van der Waals surface area contributed by atoms with Crippen molar-refractivity contribution in [2.75, 3.05) is 0 Å². The van der Waals surface area contributed by atoms with Crippen molar-refractivity contribution < 1.29 is 4.79 Å². The van der Waals surface area contributed by atoms with Crippen molar-refractivity contribution in [3.05, 3.63) is 11.1 Å². The van der Waals surface area contributed by atoms with Crippen LogP contribution < -0.4 is 0 Å². The molecule has 11 heavy (non-hydrogen) atoms. The molecule has 0 aromatic rings. The van der Waals surface area contributed by atoms with Gasteiger partial charge in [0, 0.05) is 5.92 Å². The summed E-state index contributed by atoms with van der Waals surface area (Å²) in [5, 5.41) is 0. The predicted octanol–water partition coefficient (Wildman–Crippen LogP) is 2.71. The Morgan fingerprint density at radius 1 is 1.45 bits per heavy atom. The first-order chi connectivity index (χ1) is 5.13. The molecule has 62 valence electrons. The zero-order valence-electron chi connectivity index (χ0n) is 7.61. The molecule has 1 unspecified atom stereocenters. The van der Waals surface area contributed by atoms with Crippen molar-refractivity contribution in [3.63, 3.8) is 0 Å². The van der Waals surface area contributed by atoms with E-state index in [2.05, 4.69) is 0 Å². The largest absolute Gasteiger partial charge is 0.294 e. The monoisotopic (exact) mass is 152 g/mol. The van der Waals surface area contributed by atoms with Crippen LogP contribution in [0.2, 0.25) is 0 Å². The van der Waals surface area contributed by atoms with Crippen molar-refractivity contribution in [1.82, 2.24) is 0 Å². The Hall–Kier alpha value is -0.590. The second kappa shape index (κ2) is 3.21. The van der Waals surface area contributed by atoms with Gasteiger partial charge in [0.05, 0.1) is 0 Å². The zero-order valence-corrected chi connectivity index (χ0v) is 7.61. The molecule has 0 heterocycles. The molecule has 0 bridgehead atoms. The smallest absolute Gasteiger partial charge is 0.161 e. The molecule has 1 aliphatic rings. The molecule has 1 heteroatoms. The van der Waals surface area contributed by atoms with Crippen LogP contribution in [-0.4, -0.2) is 5.78 Å². The lowest BCUT2D eigenvalue weighted by Gasteiger charge is -2.20. The van der Waals surface area contributed by atoms with E-state index in [1.165, 1.54) is 12.0 Å². The third-order valence-corrected chi connectivity index (χ3v) is 2.41. The highest BCUT2D eigenvalue weighted by Gasteiger charge is 2.22. The molecule has 0 spiro atoms. The molecule has 0 aromatic heterocycles. The van der Waals surface area contributed by atoms with Crippen molar-refractivity contribution in [3.8, 4) is 0 Å². The fraction of sp³-hybridized carbons (Fsp3) is 0.700. The third-order valence-electron chi connectivity index (χ3n) is 2.41. The highest BCUT2D eigenvalue weighted by molar-refractivity contribution is 5.98. The lowest BCUT2D eigenvalue weighted by molar-refractivity contribution is -0.120. The van der Waals surface area contributed by atoms with Gasteiger partial charge in [0.25, 0.3) is 0 Å². The van der Waals surface area contributed by atoms with Crippen LogP contribution in [0.4, 0.5) is 0 Å². The molecule has 0 aromatic carbocycles. The van der Waals surface area contributed by atoms with E-state index in [4.69, 9.17) is 0 Å². The summed E-state index contributed by atoms with van der Waals surface area (Å²) < 4.78 is 0. The van der Waals surface area contributed by atoms with Crippen molar-refractivity contribution >= 4 is 5.78 Å². The Morgan fingerprint density at radius 3 is 2.55 bits per heavy atom. The summed E-state index contributed by atoms with van der Waals surface area (Å²) in [5.74, 6) is 0.657. The van der Waals surface area contributed by atoms with E-state index in [0.717, 1.165) is 18.4 Å². The minimum Gasteiger partial charge on any atom is -0.294 e. The van der Waals surface area contributed by atoms with Crippen LogP contribution in [0.25, 0.3) is 0 Å². The molecule has 1 nitrogen and oxygen atoms in total. The fourth-order valence-electron chi connectivity index (χ4n) is 1.63. The summed E-state index contributed by atoms with van der Waals surface area (Å²) in [7, 11) is 0. The average Bonchev–Trinajstić information content (AvgIpc) is 1.94. The van der Waals surface area contributed by atoms with Gasteiger partial charge in [0.2, 0.25) is 0 Å². The topological polar surface area (TPSA) is 17.1 Å². The molecule has 0 aliphatic heterocycles. The maximum Gasteiger partial charge on any atom is 0.161 e. The van der Waals surface area contributed by atoms with Gasteiger partial charge in [-0.1, -0.05) is 12.5 Å². The van der Waals surface area contributed by atoms with Crippen LogP contribution in [0.1, 0.15) is 40.0 Å². The van der Waals surface area contributed by atoms with Crippen LogP contribution >= 0.6 is 0 Å². The number of carbonyl (C=O) groups excluding carboxylic acids is 1. The standard InChI is InChI=1S/C10H16O/c1-7(2)9-6-4-5-8(3)10(9)11/h8H,4-6H2,1-3H3. The first-order valence-electron chi connectivity index (χ1n) is 4.33. The summed E-state index contributed by atoms with van der Waals surface area (Å²) in [6.07, 6.45) is 3.27. The van der Waals surface area contributed by atoms with E-state index in [9.17, 15) is 4.79 Å². The van der Waals surface area contributed by atoms with Crippen molar-refractivity contribution in [1.29, 1.82) is 0 Å². The van der Waals surface area contributed by atoms with Crippen LogP contribution in [0.3, 0.4) is 0 Å². The second-order valence-corrected chi connectivity index (χ2v) is 3.64. The number of rotatable bonds is 0. The molecule has 1 fully saturated rings. The number of allylic oxidation sites excluding steroid dienone is 2. The number of hydrogen-bond donors (Lipinski definition) is 0. The maximum absolute atomic E-state index is 11.5. The lowest BCUT2D eigenvalue weighted by atomic mass is 9.83. The molecular formula is C10H16O. The highest BCUT2D eigenvalue weighted by Crippen LogP contribution is 2.26. The number of carbonyl (C=O) groups is 1. The quantitative estimate of drug-likeness (QED) is 0.488. The van der Waals surface area contributed by atoms with E-state index in [1.54, 1.807) is 0 Å². The highest BCUT2D eigenvalue weighted by atomic mass is 16.1. The number of Topliss-reactive ketones (excluding diaryl/α,β-unsaturated/α-hetero) is 1. The SMILES string of the molecule is CC(C)=C1CCCC(C)C1=O. The van der Waals surface area contributed by atoms with E-state index in [1.807, 2.05) is 20.8 Å². The number of ketones is 1. The van der Waals surface area contributed by atoms with E-state index in [-0.39, 0.29) is 5.92 Å². The molecule has 0 amide bonds. The van der Waals surface area contributed by atoms with Gasteiger partial charge in [0.1, 0.15) is 0 Å². The Morgan fingerprint density at radius 2 is 2.09 bits per heavy atom. The normalized spacial score (nSPS) is 25.5. The van der Waals surface area contributed by atoms with Crippen LogP contribution in [0, 0.1) is 5.92 Å². The Bertz CT molecular complexity index is 197. The summed E-state index contributed by atoms with van der Waals surface area (Å²) in [5.41, 5.74) is 2.30. The van der Waals surface area contributed by atoms with Crippen LogP contribution in [0.5, 0.6) is 0 Å². The van der Waals surface area contributed by atoms with Gasteiger partial charge in [-0.05, 0) is 38.7 Å². The Kier molecular flexibility index (Phi) is 2.48. The van der Waals surface area contributed by atoms with Gasteiger partial charge < -0.3 is 0 Å². The van der Waals surface area contributed by atoms with E-state index < -0.39 is 0 Å².